The Bertz CT molecular complexity index is 968. The number of hydrogen-bond donors (Lipinski definition) is 1. The third-order valence-electron chi connectivity index (χ3n) is 3.58. The summed E-state index contributed by atoms with van der Waals surface area (Å²) in [6, 6.07) is 13.7. The van der Waals surface area contributed by atoms with E-state index < -0.39 is 11.6 Å². The fourth-order valence-electron chi connectivity index (χ4n) is 2.22. The molecule has 1 amide bonds. The summed E-state index contributed by atoms with van der Waals surface area (Å²) in [5.74, 6) is -0.733. The second-order valence-corrected chi connectivity index (χ2v) is 6.60. The van der Waals surface area contributed by atoms with E-state index in [1.54, 1.807) is 49.7 Å². The Balaban J connectivity index is 1.63. The van der Waals surface area contributed by atoms with Crippen LogP contribution in [0.25, 0.3) is 0 Å². The second-order valence-electron chi connectivity index (χ2n) is 5.55. The summed E-state index contributed by atoms with van der Waals surface area (Å²) in [4.78, 5) is 16.8. The van der Waals surface area contributed by atoms with Crippen LogP contribution in [0.3, 0.4) is 0 Å². The zero-order valence-electron chi connectivity index (χ0n) is 14.8. The zero-order valence-corrected chi connectivity index (χ0v) is 15.6. The highest BCUT2D eigenvalue weighted by Crippen LogP contribution is 2.28. The van der Waals surface area contributed by atoms with Gasteiger partial charge in [0.15, 0.2) is 11.6 Å². The van der Waals surface area contributed by atoms with Crippen molar-refractivity contribution in [1.29, 1.82) is 0 Å². The van der Waals surface area contributed by atoms with Crippen molar-refractivity contribution in [3.8, 4) is 17.4 Å². The van der Waals surface area contributed by atoms with E-state index in [2.05, 4.69) is 10.3 Å². The van der Waals surface area contributed by atoms with E-state index in [9.17, 15) is 13.6 Å². The molecule has 1 aromatic heterocycles. The van der Waals surface area contributed by atoms with Crippen LogP contribution < -0.4 is 14.8 Å². The molecular formula is C20H16F2N2O3S. The van der Waals surface area contributed by atoms with E-state index in [-0.39, 0.29) is 17.5 Å². The molecule has 8 heteroatoms. The molecule has 0 bridgehead atoms. The fraction of sp³-hybridized carbons (Fsp3) is 0.100. The molecule has 0 unspecified atom stereocenters. The van der Waals surface area contributed by atoms with Crippen LogP contribution >= 0.6 is 11.8 Å². The number of anilines is 1. The molecule has 28 heavy (non-hydrogen) atoms. The maximum Gasteiger partial charge on any atom is 0.243 e. The lowest BCUT2D eigenvalue weighted by molar-refractivity contribution is -0.113. The molecule has 1 heterocycles. The van der Waals surface area contributed by atoms with Crippen LogP contribution in [-0.2, 0) is 4.79 Å². The lowest BCUT2D eigenvalue weighted by atomic mass is 10.3. The molecule has 0 saturated carbocycles. The monoisotopic (exact) mass is 402 g/mol. The van der Waals surface area contributed by atoms with E-state index in [1.807, 2.05) is 0 Å². The number of benzene rings is 2. The van der Waals surface area contributed by atoms with Gasteiger partial charge in [-0.1, -0.05) is 0 Å². The molecule has 1 N–H and O–H groups in total. The van der Waals surface area contributed by atoms with Crippen LogP contribution in [0.2, 0.25) is 0 Å². The van der Waals surface area contributed by atoms with Crippen molar-refractivity contribution < 1.29 is 23.0 Å². The molecule has 2 aromatic carbocycles. The minimum absolute atomic E-state index is 0.0158. The van der Waals surface area contributed by atoms with Crippen LogP contribution in [0.1, 0.15) is 0 Å². The smallest absolute Gasteiger partial charge is 0.243 e. The third kappa shape index (κ3) is 5.20. The largest absolute Gasteiger partial charge is 0.497 e. The summed E-state index contributed by atoms with van der Waals surface area (Å²) in [5, 5.41) is 2.71. The number of nitrogens with zero attached hydrogens (tertiary/aromatic N) is 1. The summed E-state index contributed by atoms with van der Waals surface area (Å²) in [6.07, 6.45) is 1.55. The second kappa shape index (κ2) is 9.18. The predicted molar refractivity (Wildman–Crippen MR) is 103 cm³/mol. The van der Waals surface area contributed by atoms with Crippen molar-refractivity contribution in [2.24, 2.45) is 0 Å². The number of carbonyl (C=O) groups is 1. The highest BCUT2D eigenvalue weighted by atomic mass is 32.2. The minimum Gasteiger partial charge on any atom is -0.497 e. The summed E-state index contributed by atoms with van der Waals surface area (Å²) in [7, 11) is 1.57. The zero-order chi connectivity index (χ0) is 19.9. The van der Waals surface area contributed by atoms with Crippen LogP contribution in [0, 0.1) is 11.6 Å². The molecule has 0 aliphatic carbocycles. The first-order chi connectivity index (χ1) is 13.5. The van der Waals surface area contributed by atoms with Gasteiger partial charge in [-0.15, -0.1) is 11.8 Å². The van der Waals surface area contributed by atoms with Crippen LogP contribution in [0.4, 0.5) is 14.5 Å². The Morgan fingerprint density at radius 3 is 2.54 bits per heavy atom. The molecule has 0 radical (unpaired) electrons. The number of nitrogens with one attached hydrogen (secondary N) is 1. The number of thioether (sulfide) groups is 1. The molecule has 0 saturated heterocycles. The van der Waals surface area contributed by atoms with Crippen molar-refractivity contribution in [1.82, 2.24) is 4.98 Å². The molecular weight excluding hydrogens is 386 g/mol. The molecule has 3 rings (SSSR count). The molecule has 0 aliphatic rings. The Morgan fingerprint density at radius 1 is 1.07 bits per heavy atom. The first-order valence-corrected chi connectivity index (χ1v) is 9.18. The van der Waals surface area contributed by atoms with Crippen molar-refractivity contribution >= 4 is 23.4 Å². The van der Waals surface area contributed by atoms with Crippen molar-refractivity contribution in [3.63, 3.8) is 0 Å². The normalized spacial score (nSPS) is 10.4. The molecule has 0 fully saturated rings. The number of ether oxygens (including phenoxy) is 2. The number of hydrogen-bond acceptors (Lipinski definition) is 5. The number of pyridine rings is 1. The van der Waals surface area contributed by atoms with Crippen LogP contribution in [0.5, 0.6) is 17.4 Å². The van der Waals surface area contributed by atoms with Gasteiger partial charge in [0.1, 0.15) is 17.2 Å². The molecule has 0 spiro atoms. The Hall–Kier alpha value is -3.13. The highest BCUT2D eigenvalue weighted by molar-refractivity contribution is 8.00. The molecule has 0 atom stereocenters. The molecule has 3 aromatic rings. The molecule has 144 valence electrons. The topological polar surface area (TPSA) is 60.5 Å². The van der Waals surface area contributed by atoms with Gasteiger partial charge < -0.3 is 14.8 Å². The van der Waals surface area contributed by atoms with Crippen molar-refractivity contribution in [2.75, 3.05) is 18.2 Å². The maximum absolute atomic E-state index is 13.2. The molecule has 5 nitrogen and oxygen atoms in total. The van der Waals surface area contributed by atoms with Gasteiger partial charge in [-0.3, -0.25) is 4.79 Å². The standard InChI is InChI=1S/C20H16F2N2O3S/c1-26-13-4-6-14(7-5-13)27-20-18(3-2-10-23-20)24-19(25)12-28-15-8-9-16(21)17(22)11-15/h2-11H,12H2,1H3,(H,24,25). The maximum atomic E-state index is 13.2. The van der Waals surface area contributed by atoms with E-state index in [0.717, 1.165) is 23.9 Å². The lowest BCUT2D eigenvalue weighted by Gasteiger charge is -2.11. The van der Waals surface area contributed by atoms with E-state index >= 15 is 0 Å². The molecule has 0 aliphatic heterocycles. The van der Waals surface area contributed by atoms with Crippen LogP contribution in [0.15, 0.2) is 65.7 Å². The van der Waals surface area contributed by atoms with E-state index in [1.165, 1.54) is 6.07 Å². The number of carbonyl (C=O) groups excluding carboxylic acids is 1. The number of methoxy groups -OCH3 is 1. The number of amides is 1. The fourth-order valence-corrected chi connectivity index (χ4v) is 2.95. The van der Waals surface area contributed by atoms with Gasteiger partial charge in [0.2, 0.25) is 11.8 Å². The Labute approximate surface area is 164 Å². The van der Waals surface area contributed by atoms with Gasteiger partial charge in [-0.2, -0.15) is 0 Å². The SMILES string of the molecule is COc1ccc(Oc2ncccc2NC(=O)CSc2ccc(F)c(F)c2)cc1. The average molecular weight is 402 g/mol. The minimum atomic E-state index is -0.951. The average Bonchev–Trinajstić information content (AvgIpc) is 2.71. The summed E-state index contributed by atoms with van der Waals surface area (Å²) < 4.78 is 37.0. The van der Waals surface area contributed by atoms with Gasteiger partial charge in [-0.25, -0.2) is 13.8 Å². The quantitative estimate of drug-likeness (QED) is 0.570. The highest BCUT2D eigenvalue weighted by Gasteiger charge is 2.11. The Morgan fingerprint density at radius 2 is 1.82 bits per heavy atom. The number of rotatable bonds is 7. The predicted octanol–water partition coefficient (Wildman–Crippen LogP) is 4.89. The van der Waals surface area contributed by atoms with Crippen molar-refractivity contribution in [2.45, 2.75) is 4.90 Å². The Kier molecular flexibility index (Phi) is 6.44. The number of aromatic nitrogens is 1. The van der Waals surface area contributed by atoms with Gasteiger partial charge in [0.25, 0.3) is 0 Å². The van der Waals surface area contributed by atoms with Crippen LogP contribution in [-0.4, -0.2) is 23.8 Å². The van der Waals surface area contributed by atoms with Gasteiger partial charge in [0, 0.05) is 11.1 Å². The number of halogens is 2. The first-order valence-electron chi connectivity index (χ1n) is 8.20. The third-order valence-corrected chi connectivity index (χ3v) is 4.57. The summed E-state index contributed by atoms with van der Waals surface area (Å²) >= 11 is 1.09. The summed E-state index contributed by atoms with van der Waals surface area (Å²) in [6.45, 7) is 0. The van der Waals surface area contributed by atoms with E-state index in [0.29, 0.717) is 22.1 Å². The summed E-state index contributed by atoms with van der Waals surface area (Å²) in [5.41, 5.74) is 0.397. The van der Waals surface area contributed by atoms with Gasteiger partial charge >= 0.3 is 0 Å². The van der Waals surface area contributed by atoms with Crippen molar-refractivity contribution in [3.05, 3.63) is 72.4 Å². The first kappa shape index (κ1) is 19.6. The van der Waals surface area contributed by atoms with Gasteiger partial charge in [0.05, 0.1) is 12.9 Å². The lowest BCUT2D eigenvalue weighted by Crippen LogP contribution is -2.15. The van der Waals surface area contributed by atoms with Gasteiger partial charge in [-0.05, 0) is 54.6 Å². The van der Waals surface area contributed by atoms with E-state index in [4.69, 9.17) is 9.47 Å².